The molecule has 1 aliphatic heterocycles. The number of carbonyl (C=O) groups excluding carboxylic acids is 1. The number of imidazole rings is 1. The fourth-order valence-electron chi connectivity index (χ4n) is 4.93. The van der Waals surface area contributed by atoms with Crippen LogP contribution in [0.5, 0.6) is 5.75 Å². The fraction of sp³-hybridized carbons (Fsp3) is 0.400. The smallest absolute Gasteiger partial charge is 0.258 e. The van der Waals surface area contributed by atoms with Gasteiger partial charge in [0.05, 0.1) is 12.7 Å². The Kier molecular flexibility index (Phi) is 5.13. The number of carbonyl (C=O) groups is 1. The first-order chi connectivity index (χ1) is 16.6. The predicted molar refractivity (Wildman–Crippen MR) is 132 cm³/mol. The number of nitrogens with one attached hydrogen (secondary N) is 2. The van der Waals surface area contributed by atoms with Gasteiger partial charge in [-0.1, -0.05) is 0 Å². The summed E-state index contributed by atoms with van der Waals surface area (Å²) in [6.07, 6.45) is 12.3. The summed E-state index contributed by atoms with van der Waals surface area (Å²) in [7, 11) is 3.48. The molecule has 1 saturated carbocycles. The van der Waals surface area contributed by atoms with Gasteiger partial charge < -0.3 is 24.7 Å². The zero-order valence-electron chi connectivity index (χ0n) is 19.5. The number of methoxy groups -OCH3 is 1. The summed E-state index contributed by atoms with van der Waals surface area (Å²) in [6.45, 7) is 2.00. The Labute approximate surface area is 197 Å². The lowest BCUT2D eigenvalue weighted by atomic mass is 10.0. The van der Waals surface area contributed by atoms with E-state index in [4.69, 9.17) is 4.74 Å². The molecule has 2 aliphatic rings. The summed E-state index contributed by atoms with van der Waals surface area (Å²) in [4.78, 5) is 20.1. The number of benzene rings is 1. The first-order valence-corrected chi connectivity index (χ1v) is 11.9. The Morgan fingerprint density at radius 1 is 1.12 bits per heavy atom. The van der Waals surface area contributed by atoms with Gasteiger partial charge in [-0.05, 0) is 37.8 Å². The number of ether oxygens (including phenoxy) is 1. The number of hydrogen-bond acceptors (Lipinski definition) is 6. The summed E-state index contributed by atoms with van der Waals surface area (Å²) in [5, 5.41) is 12.4. The highest BCUT2D eigenvalue weighted by Gasteiger charge is 2.28. The summed E-state index contributed by atoms with van der Waals surface area (Å²) >= 11 is 0. The third-order valence-electron chi connectivity index (χ3n) is 6.86. The van der Waals surface area contributed by atoms with Gasteiger partial charge in [-0.3, -0.25) is 9.48 Å². The standard InChI is InChI=1S/C25H29N7O2/c1-30-14-19-21(31-10-7-17(8-11-31)27-16-3-4-16)6-5-18(24(19)29-30)25(33)28-20-15-32-12-9-26-23(32)13-22(20)34-2/h5-6,9,12-17,27H,3-4,7-8,10-11H2,1-2H3,(H,28,33). The van der Waals surface area contributed by atoms with Crippen LogP contribution in [0.2, 0.25) is 0 Å². The van der Waals surface area contributed by atoms with Crippen LogP contribution in [0.15, 0.2) is 43.0 Å². The van der Waals surface area contributed by atoms with Crippen molar-refractivity contribution in [3.05, 3.63) is 48.5 Å². The minimum Gasteiger partial charge on any atom is -0.494 e. The second kappa shape index (κ2) is 8.32. The molecule has 0 spiro atoms. The Morgan fingerprint density at radius 2 is 1.91 bits per heavy atom. The number of amides is 1. The van der Waals surface area contributed by atoms with Gasteiger partial charge in [-0.25, -0.2) is 4.98 Å². The van der Waals surface area contributed by atoms with Crippen molar-refractivity contribution < 1.29 is 9.53 Å². The average Bonchev–Trinajstić information content (AvgIpc) is 3.38. The Balaban J connectivity index is 1.27. The van der Waals surface area contributed by atoms with E-state index >= 15 is 0 Å². The van der Waals surface area contributed by atoms with Gasteiger partial charge in [-0.15, -0.1) is 0 Å². The van der Waals surface area contributed by atoms with Gasteiger partial charge in [0.25, 0.3) is 5.91 Å². The quantitative estimate of drug-likeness (QED) is 0.460. The second-order valence-corrected chi connectivity index (χ2v) is 9.30. The maximum absolute atomic E-state index is 13.4. The van der Waals surface area contributed by atoms with E-state index in [9.17, 15) is 4.79 Å². The second-order valence-electron chi connectivity index (χ2n) is 9.30. The monoisotopic (exact) mass is 459 g/mol. The molecule has 0 bridgehead atoms. The molecule has 2 fully saturated rings. The van der Waals surface area contributed by atoms with Crippen molar-refractivity contribution in [1.29, 1.82) is 0 Å². The minimum atomic E-state index is -0.222. The van der Waals surface area contributed by atoms with Gasteiger partial charge in [0.2, 0.25) is 0 Å². The lowest BCUT2D eigenvalue weighted by Gasteiger charge is -2.34. The molecule has 9 nitrogen and oxygen atoms in total. The molecule has 34 heavy (non-hydrogen) atoms. The molecule has 0 atom stereocenters. The van der Waals surface area contributed by atoms with Crippen LogP contribution < -0.4 is 20.3 Å². The first kappa shape index (κ1) is 21.0. The molecule has 6 rings (SSSR count). The number of hydrogen-bond donors (Lipinski definition) is 2. The number of anilines is 2. The molecular weight excluding hydrogens is 430 g/mol. The van der Waals surface area contributed by atoms with Gasteiger partial charge in [-0.2, -0.15) is 5.10 Å². The van der Waals surface area contributed by atoms with Crippen LogP contribution in [-0.2, 0) is 7.05 Å². The molecule has 1 amide bonds. The van der Waals surface area contributed by atoms with Crippen molar-refractivity contribution in [3.63, 3.8) is 0 Å². The van der Waals surface area contributed by atoms with Crippen LogP contribution in [0.25, 0.3) is 16.6 Å². The molecule has 0 radical (unpaired) electrons. The number of fused-ring (bicyclic) bond motifs is 2. The maximum atomic E-state index is 13.4. The third-order valence-corrected chi connectivity index (χ3v) is 6.86. The number of nitrogens with zero attached hydrogens (tertiary/aromatic N) is 5. The summed E-state index contributed by atoms with van der Waals surface area (Å²) in [5.74, 6) is 0.337. The van der Waals surface area contributed by atoms with Gasteiger partial charge in [0, 0.05) is 74.1 Å². The van der Waals surface area contributed by atoms with Crippen molar-refractivity contribution in [2.45, 2.75) is 37.8 Å². The lowest BCUT2D eigenvalue weighted by Crippen LogP contribution is -2.43. The van der Waals surface area contributed by atoms with E-state index < -0.39 is 0 Å². The van der Waals surface area contributed by atoms with Crippen LogP contribution in [0.1, 0.15) is 36.0 Å². The SMILES string of the molecule is COc1cc2nccn2cc1NC(=O)c1ccc(N2CCC(NC3CC3)CC2)c2cn(C)nc12. The van der Waals surface area contributed by atoms with E-state index in [0.717, 1.165) is 48.7 Å². The number of pyridine rings is 1. The maximum Gasteiger partial charge on any atom is 0.258 e. The zero-order chi connectivity index (χ0) is 23.2. The van der Waals surface area contributed by atoms with Crippen molar-refractivity contribution >= 4 is 33.8 Å². The number of rotatable bonds is 6. The highest BCUT2D eigenvalue weighted by atomic mass is 16.5. The fourth-order valence-corrected chi connectivity index (χ4v) is 4.93. The van der Waals surface area contributed by atoms with Crippen LogP contribution >= 0.6 is 0 Å². The molecule has 4 aromatic rings. The molecule has 176 valence electrons. The van der Waals surface area contributed by atoms with Crippen molar-refractivity contribution in [1.82, 2.24) is 24.5 Å². The molecule has 2 N–H and O–H groups in total. The zero-order valence-corrected chi connectivity index (χ0v) is 19.5. The minimum absolute atomic E-state index is 0.222. The Morgan fingerprint density at radius 3 is 2.68 bits per heavy atom. The van der Waals surface area contributed by atoms with Crippen molar-refractivity contribution in [2.75, 3.05) is 30.4 Å². The molecule has 1 aromatic carbocycles. The van der Waals surface area contributed by atoms with Crippen LogP contribution in [-0.4, -0.2) is 57.4 Å². The topological polar surface area (TPSA) is 88.7 Å². The number of aryl methyl sites for hydroxylation is 1. The van der Waals surface area contributed by atoms with Crippen LogP contribution in [0, 0.1) is 0 Å². The van der Waals surface area contributed by atoms with Crippen LogP contribution in [0.3, 0.4) is 0 Å². The Hall–Kier alpha value is -3.59. The van der Waals surface area contributed by atoms with E-state index in [1.165, 1.54) is 12.8 Å². The van der Waals surface area contributed by atoms with Gasteiger partial charge >= 0.3 is 0 Å². The lowest BCUT2D eigenvalue weighted by molar-refractivity contribution is 0.102. The molecule has 4 heterocycles. The highest BCUT2D eigenvalue weighted by molar-refractivity contribution is 6.14. The highest BCUT2D eigenvalue weighted by Crippen LogP contribution is 2.33. The molecular formula is C25H29N7O2. The predicted octanol–water partition coefficient (Wildman–Crippen LogP) is 3.20. The summed E-state index contributed by atoms with van der Waals surface area (Å²) in [6, 6.07) is 7.10. The average molecular weight is 460 g/mol. The number of piperidine rings is 1. The molecule has 1 saturated heterocycles. The van der Waals surface area contributed by atoms with E-state index in [0.29, 0.717) is 28.6 Å². The Bertz CT molecular complexity index is 1360. The molecule has 1 aliphatic carbocycles. The third kappa shape index (κ3) is 3.86. The van der Waals surface area contributed by atoms with Crippen molar-refractivity contribution in [3.8, 4) is 5.75 Å². The van der Waals surface area contributed by atoms with Gasteiger partial charge in [0.1, 0.15) is 22.6 Å². The molecule has 0 unspecified atom stereocenters. The normalized spacial score (nSPS) is 16.9. The van der Waals surface area contributed by atoms with Crippen LogP contribution in [0.4, 0.5) is 11.4 Å². The largest absolute Gasteiger partial charge is 0.494 e. The summed E-state index contributed by atoms with van der Waals surface area (Å²) < 4.78 is 9.12. The molecule has 3 aromatic heterocycles. The molecule has 9 heteroatoms. The van der Waals surface area contributed by atoms with Gasteiger partial charge in [0.15, 0.2) is 0 Å². The van der Waals surface area contributed by atoms with E-state index in [1.807, 2.05) is 36.1 Å². The van der Waals surface area contributed by atoms with E-state index in [2.05, 4.69) is 31.7 Å². The number of aromatic nitrogens is 4. The van der Waals surface area contributed by atoms with Crippen molar-refractivity contribution in [2.24, 2.45) is 7.05 Å². The van der Waals surface area contributed by atoms with E-state index in [1.54, 1.807) is 24.1 Å². The summed E-state index contributed by atoms with van der Waals surface area (Å²) in [5.41, 5.74) is 3.72. The first-order valence-electron chi connectivity index (χ1n) is 11.9. The van der Waals surface area contributed by atoms with E-state index in [-0.39, 0.29) is 5.91 Å².